The first-order valence-corrected chi connectivity index (χ1v) is 11.1. The van der Waals surface area contributed by atoms with Crippen LogP contribution in [0.5, 0.6) is 17.2 Å². The average Bonchev–Trinajstić information content (AvgIpc) is 3.14. The zero-order chi connectivity index (χ0) is 20.6. The summed E-state index contributed by atoms with van der Waals surface area (Å²) in [5.41, 5.74) is 2.00. The molecule has 0 bridgehead atoms. The summed E-state index contributed by atoms with van der Waals surface area (Å²) in [6.45, 7) is 3.16. The highest BCUT2D eigenvalue weighted by molar-refractivity contribution is 8.01. The predicted molar refractivity (Wildman–Crippen MR) is 118 cm³/mol. The molecule has 1 aromatic heterocycles. The average molecular weight is 433 g/mol. The molecule has 0 saturated carbocycles. The van der Waals surface area contributed by atoms with Crippen LogP contribution in [-0.2, 0) is 11.2 Å². The molecular formula is C21H24N2O4S2. The lowest BCUT2D eigenvalue weighted by atomic mass is 10.1. The van der Waals surface area contributed by atoms with E-state index in [4.69, 9.17) is 14.2 Å². The smallest absolute Gasteiger partial charge is 0.230 e. The lowest BCUT2D eigenvalue weighted by Crippen LogP contribution is -2.27. The number of nitrogens with one attached hydrogen (secondary N) is 1. The minimum absolute atomic E-state index is 0.00950. The molecule has 1 N–H and O–H groups in total. The number of hydrogen-bond donors (Lipinski definition) is 1. The molecule has 1 amide bonds. The number of hydrogen-bond acceptors (Lipinski definition) is 7. The molecule has 0 aliphatic carbocycles. The Morgan fingerprint density at radius 3 is 2.72 bits per heavy atom. The molecule has 0 atom stereocenters. The molecule has 0 fully saturated rings. The number of ether oxygens (including phenoxy) is 3. The summed E-state index contributed by atoms with van der Waals surface area (Å²) in [5, 5.41) is 2.95. The summed E-state index contributed by atoms with van der Waals surface area (Å²) >= 11 is 3.02. The van der Waals surface area contributed by atoms with Crippen molar-refractivity contribution in [3.8, 4) is 17.2 Å². The van der Waals surface area contributed by atoms with Crippen molar-refractivity contribution in [2.75, 3.05) is 33.1 Å². The van der Waals surface area contributed by atoms with E-state index in [1.54, 1.807) is 25.6 Å². The number of fused-ring (bicyclic) bond motifs is 1. The van der Waals surface area contributed by atoms with E-state index in [1.165, 1.54) is 11.8 Å². The third-order valence-corrected chi connectivity index (χ3v) is 6.32. The Morgan fingerprint density at radius 2 is 1.97 bits per heavy atom. The Bertz CT molecular complexity index is 974. The largest absolute Gasteiger partial charge is 0.494 e. The first-order valence-electron chi connectivity index (χ1n) is 9.26. The molecule has 0 saturated heterocycles. The molecule has 1 heterocycles. The van der Waals surface area contributed by atoms with E-state index >= 15 is 0 Å². The molecule has 2 aromatic carbocycles. The van der Waals surface area contributed by atoms with Gasteiger partial charge in [0, 0.05) is 6.54 Å². The number of thiazole rings is 1. The molecule has 0 radical (unpaired) electrons. The van der Waals surface area contributed by atoms with Gasteiger partial charge in [0.1, 0.15) is 5.75 Å². The standard InChI is InChI=1S/C21H24N2O4S2/c1-4-27-15-6-7-16-19(12-15)29-21(23-16)28-13-20(24)22-10-9-14-5-8-17(25-2)18(11-14)26-3/h5-8,11-12H,4,9-10,13H2,1-3H3,(H,22,24). The monoisotopic (exact) mass is 432 g/mol. The van der Waals surface area contributed by atoms with E-state index < -0.39 is 0 Å². The quantitative estimate of drug-likeness (QED) is 0.485. The van der Waals surface area contributed by atoms with Crippen LogP contribution >= 0.6 is 23.1 Å². The Hall–Kier alpha value is -2.45. The van der Waals surface area contributed by atoms with E-state index in [1.807, 2.05) is 43.3 Å². The van der Waals surface area contributed by atoms with Gasteiger partial charge < -0.3 is 19.5 Å². The highest BCUT2D eigenvalue weighted by atomic mass is 32.2. The number of amides is 1. The third-order valence-electron chi connectivity index (χ3n) is 4.16. The molecular weight excluding hydrogens is 408 g/mol. The van der Waals surface area contributed by atoms with Gasteiger partial charge in [-0.15, -0.1) is 11.3 Å². The van der Waals surface area contributed by atoms with Crippen molar-refractivity contribution in [1.82, 2.24) is 10.3 Å². The highest BCUT2D eigenvalue weighted by Gasteiger charge is 2.09. The van der Waals surface area contributed by atoms with E-state index in [-0.39, 0.29) is 5.91 Å². The summed E-state index contributed by atoms with van der Waals surface area (Å²) in [5.74, 6) is 2.55. The summed E-state index contributed by atoms with van der Waals surface area (Å²) in [7, 11) is 3.22. The Kier molecular flexibility index (Phi) is 7.60. The van der Waals surface area contributed by atoms with E-state index in [0.29, 0.717) is 30.4 Å². The number of methoxy groups -OCH3 is 2. The second kappa shape index (κ2) is 10.4. The number of carbonyl (C=O) groups excluding carboxylic acids is 1. The van der Waals surface area contributed by atoms with Crippen molar-refractivity contribution in [2.24, 2.45) is 0 Å². The minimum atomic E-state index is -0.00950. The van der Waals surface area contributed by atoms with Gasteiger partial charge in [-0.05, 0) is 49.2 Å². The van der Waals surface area contributed by atoms with Crippen molar-refractivity contribution in [1.29, 1.82) is 0 Å². The van der Waals surface area contributed by atoms with Gasteiger partial charge in [-0.1, -0.05) is 17.8 Å². The van der Waals surface area contributed by atoms with E-state index in [0.717, 1.165) is 32.3 Å². The van der Waals surface area contributed by atoms with Gasteiger partial charge in [0.25, 0.3) is 0 Å². The molecule has 6 nitrogen and oxygen atoms in total. The molecule has 29 heavy (non-hydrogen) atoms. The number of rotatable bonds is 10. The van der Waals surface area contributed by atoms with Crippen molar-refractivity contribution < 1.29 is 19.0 Å². The molecule has 8 heteroatoms. The zero-order valence-corrected chi connectivity index (χ0v) is 18.3. The van der Waals surface area contributed by atoms with Gasteiger partial charge in [-0.25, -0.2) is 4.98 Å². The summed E-state index contributed by atoms with van der Waals surface area (Å²) in [6, 6.07) is 11.6. The number of carbonyl (C=O) groups is 1. The summed E-state index contributed by atoms with van der Waals surface area (Å²) in [6.07, 6.45) is 0.720. The van der Waals surface area contributed by atoms with Crippen molar-refractivity contribution >= 4 is 39.2 Å². The molecule has 0 spiro atoms. The van der Waals surface area contributed by atoms with Gasteiger partial charge in [-0.3, -0.25) is 4.79 Å². The maximum Gasteiger partial charge on any atom is 0.230 e. The number of aromatic nitrogens is 1. The first-order chi connectivity index (χ1) is 14.1. The zero-order valence-electron chi connectivity index (χ0n) is 16.7. The second-order valence-corrected chi connectivity index (χ2v) is 8.37. The van der Waals surface area contributed by atoms with Crippen LogP contribution in [0, 0.1) is 0 Å². The SMILES string of the molecule is CCOc1ccc2nc(SCC(=O)NCCc3ccc(OC)c(OC)c3)sc2c1. The number of thioether (sulfide) groups is 1. The summed E-state index contributed by atoms with van der Waals surface area (Å²) in [4.78, 5) is 16.7. The van der Waals surface area contributed by atoms with Gasteiger partial charge >= 0.3 is 0 Å². The van der Waals surface area contributed by atoms with Crippen LogP contribution in [-0.4, -0.2) is 44.0 Å². The maximum absolute atomic E-state index is 12.2. The molecule has 154 valence electrons. The van der Waals surface area contributed by atoms with E-state index in [9.17, 15) is 4.79 Å². The fourth-order valence-electron chi connectivity index (χ4n) is 2.76. The molecule has 0 unspecified atom stereocenters. The topological polar surface area (TPSA) is 69.7 Å². The van der Waals surface area contributed by atoms with Crippen molar-refractivity contribution in [3.05, 3.63) is 42.0 Å². The van der Waals surface area contributed by atoms with Crippen LogP contribution in [0.4, 0.5) is 0 Å². The minimum Gasteiger partial charge on any atom is -0.494 e. The maximum atomic E-state index is 12.2. The van der Waals surface area contributed by atoms with Crippen LogP contribution in [0.1, 0.15) is 12.5 Å². The fourth-order valence-corrected chi connectivity index (χ4v) is 4.69. The van der Waals surface area contributed by atoms with Gasteiger partial charge in [0.2, 0.25) is 5.91 Å². The normalized spacial score (nSPS) is 10.7. The Labute approximate surface area is 178 Å². The molecule has 3 aromatic rings. The van der Waals surface area contributed by atoms with E-state index in [2.05, 4.69) is 10.3 Å². The van der Waals surface area contributed by atoms with Gasteiger partial charge in [0.15, 0.2) is 15.8 Å². The highest BCUT2D eigenvalue weighted by Crippen LogP contribution is 2.32. The predicted octanol–water partition coefficient (Wildman–Crippen LogP) is 4.16. The molecule has 0 aliphatic heterocycles. The number of benzene rings is 2. The van der Waals surface area contributed by atoms with Crippen molar-refractivity contribution in [3.63, 3.8) is 0 Å². The summed E-state index contributed by atoms with van der Waals surface area (Å²) < 4.78 is 18.0. The fraction of sp³-hybridized carbons (Fsp3) is 0.333. The van der Waals surface area contributed by atoms with Crippen LogP contribution in [0.3, 0.4) is 0 Å². The van der Waals surface area contributed by atoms with Crippen molar-refractivity contribution in [2.45, 2.75) is 17.7 Å². The second-order valence-electron chi connectivity index (χ2n) is 6.12. The molecule has 3 rings (SSSR count). The Balaban J connectivity index is 1.47. The van der Waals surface area contributed by atoms with Gasteiger partial charge in [-0.2, -0.15) is 0 Å². The Morgan fingerprint density at radius 1 is 1.14 bits per heavy atom. The lowest BCUT2D eigenvalue weighted by Gasteiger charge is -2.10. The number of nitrogens with zero attached hydrogens (tertiary/aromatic N) is 1. The molecule has 0 aliphatic rings. The van der Waals surface area contributed by atoms with Crippen LogP contribution < -0.4 is 19.5 Å². The van der Waals surface area contributed by atoms with Crippen LogP contribution in [0.25, 0.3) is 10.2 Å². The van der Waals surface area contributed by atoms with Crippen LogP contribution in [0.2, 0.25) is 0 Å². The third kappa shape index (κ3) is 5.77. The first kappa shape index (κ1) is 21.3. The van der Waals surface area contributed by atoms with Crippen LogP contribution in [0.15, 0.2) is 40.7 Å². The lowest BCUT2D eigenvalue weighted by molar-refractivity contribution is -0.118. The van der Waals surface area contributed by atoms with Gasteiger partial charge in [0.05, 0.1) is 36.8 Å².